The molecule has 0 aromatic heterocycles. The largest absolute Gasteiger partial charge is 0.491 e. The number of ether oxygens (including phenoxy) is 4. The fraction of sp³-hybridized carbons (Fsp3) is 0.684. The van der Waals surface area contributed by atoms with E-state index < -0.39 is 0 Å². The smallest absolute Gasteiger partial charge is 0.119 e. The van der Waals surface area contributed by atoms with Gasteiger partial charge in [-0.2, -0.15) is 0 Å². The zero-order chi connectivity index (χ0) is 17.3. The number of nitrogens with two attached hydrogens (primary N) is 1. The predicted molar refractivity (Wildman–Crippen MR) is 97.6 cm³/mol. The lowest BCUT2D eigenvalue weighted by molar-refractivity contribution is 0.00878. The van der Waals surface area contributed by atoms with E-state index in [0.717, 1.165) is 24.5 Å². The molecule has 0 aliphatic carbocycles. The van der Waals surface area contributed by atoms with Crippen molar-refractivity contribution in [2.75, 3.05) is 52.0 Å². The lowest BCUT2D eigenvalue weighted by Gasteiger charge is -2.08. The second-order valence-corrected chi connectivity index (χ2v) is 5.67. The van der Waals surface area contributed by atoms with Crippen LogP contribution in [0.3, 0.4) is 0 Å². The minimum atomic E-state index is 0.519. The highest BCUT2D eigenvalue weighted by Gasteiger charge is 1.95. The van der Waals surface area contributed by atoms with Crippen LogP contribution in [0.1, 0.15) is 39.0 Å². The molecule has 138 valence electrons. The van der Waals surface area contributed by atoms with Crippen LogP contribution in [0.5, 0.6) is 5.75 Å². The van der Waals surface area contributed by atoms with Crippen molar-refractivity contribution < 1.29 is 18.9 Å². The van der Waals surface area contributed by atoms with Crippen LogP contribution in [0.15, 0.2) is 24.3 Å². The maximum Gasteiger partial charge on any atom is 0.119 e. The van der Waals surface area contributed by atoms with Crippen molar-refractivity contribution in [1.29, 1.82) is 0 Å². The third-order valence-electron chi connectivity index (χ3n) is 3.51. The maximum absolute atomic E-state index is 5.61. The summed E-state index contributed by atoms with van der Waals surface area (Å²) in [5, 5.41) is 0. The number of unbranched alkanes of at least 4 members (excludes halogenated alkanes) is 4. The molecule has 0 aliphatic heterocycles. The molecule has 0 aliphatic rings. The first-order valence-corrected chi connectivity index (χ1v) is 9.04. The number of rotatable bonds is 16. The molecule has 0 radical (unpaired) electrons. The maximum atomic E-state index is 5.61. The summed E-state index contributed by atoms with van der Waals surface area (Å²) in [5.41, 5.74) is 6.34. The molecule has 2 N–H and O–H groups in total. The van der Waals surface area contributed by atoms with Crippen molar-refractivity contribution in [3.8, 4) is 5.75 Å². The van der Waals surface area contributed by atoms with E-state index in [9.17, 15) is 0 Å². The van der Waals surface area contributed by atoms with Crippen LogP contribution in [0.4, 0.5) is 5.69 Å². The molecule has 5 heteroatoms. The van der Waals surface area contributed by atoms with Gasteiger partial charge in [-0.05, 0) is 30.7 Å². The van der Waals surface area contributed by atoms with Gasteiger partial charge in [0.15, 0.2) is 0 Å². The van der Waals surface area contributed by atoms with E-state index in [-0.39, 0.29) is 0 Å². The Bertz CT molecular complexity index is 383. The van der Waals surface area contributed by atoms with Crippen molar-refractivity contribution in [2.24, 2.45) is 0 Å². The highest BCUT2D eigenvalue weighted by molar-refractivity contribution is 5.41. The lowest BCUT2D eigenvalue weighted by Crippen LogP contribution is -2.13. The molecule has 5 nitrogen and oxygen atoms in total. The molecule has 0 saturated carbocycles. The monoisotopic (exact) mass is 339 g/mol. The van der Waals surface area contributed by atoms with Gasteiger partial charge in [0.1, 0.15) is 12.4 Å². The molecular weight excluding hydrogens is 306 g/mol. The molecule has 24 heavy (non-hydrogen) atoms. The van der Waals surface area contributed by atoms with Crippen LogP contribution in [0.2, 0.25) is 0 Å². The molecule has 1 rings (SSSR count). The number of hydrogen-bond donors (Lipinski definition) is 1. The molecule has 1 aromatic rings. The first-order valence-electron chi connectivity index (χ1n) is 9.04. The van der Waals surface area contributed by atoms with Gasteiger partial charge in [0.25, 0.3) is 0 Å². The second-order valence-electron chi connectivity index (χ2n) is 5.67. The fourth-order valence-electron chi connectivity index (χ4n) is 2.13. The summed E-state index contributed by atoms with van der Waals surface area (Å²) in [6, 6.07) is 7.33. The number of anilines is 1. The number of benzene rings is 1. The molecule has 0 bridgehead atoms. The van der Waals surface area contributed by atoms with Crippen LogP contribution >= 0.6 is 0 Å². The van der Waals surface area contributed by atoms with Gasteiger partial charge in [0.2, 0.25) is 0 Å². The summed E-state index contributed by atoms with van der Waals surface area (Å²) in [4.78, 5) is 0. The summed E-state index contributed by atoms with van der Waals surface area (Å²) in [5.74, 6) is 0.802. The molecule has 0 spiro atoms. The van der Waals surface area contributed by atoms with E-state index in [0.29, 0.717) is 39.6 Å². The van der Waals surface area contributed by atoms with Gasteiger partial charge in [0.05, 0.1) is 33.0 Å². The topological polar surface area (TPSA) is 62.9 Å². The Morgan fingerprint density at radius 1 is 0.667 bits per heavy atom. The van der Waals surface area contributed by atoms with Crippen molar-refractivity contribution in [2.45, 2.75) is 39.0 Å². The van der Waals surface area contributed by atoms with Crippen LogP contribution in [-0.4, -0.2) is 46.2 Å². The van der Waals surface area contributed by atoms with Crippen LogP contribution in [0.25, 0.3) is 0 Å². The lowest BCUT2D eigenvalue weighted by atomic mass is 10.2. The third kappa shape index (κ3) is 12.2. The van der Waals surface area contributed by atoms with Crippen molar-refractivity contribution in [3.63, 3.8) is 0 Å². The Morgan fingerprint density at radius 2 is 1.21 bits per heavy atom. The second kappa shape index (κ2) is 15.2. The Hall–Kier alpha value is -1.30. The van der Waals surface area contributed by atoms with Gasteiger partial charge in [-0.1, -0.05) is 32.6 Å². The Labute approximate surface area is 146 Å². The van der Waals surface area contributed by atoms with Gasteiger partial charge in [0, 0.05) is 12.3 Å². The Morgan fingerprint density at radius 3 is 1.83 bits per heavy atom. The summed E-state index contributed by atoms with van der Waals surface area (Å²) in [6.07, 6.45) is 6.34. The number of nitrogen functional groups attached to an aromatic ring is 1. The van der Waals surface area contributed by atoms with E-state index in [1.165, 1.54) is 25.7 Å². The van der Waals surface area contributed by atoms with Crippen LogP contribution in [-0.2, 0) is 14.2 Å². The van der Waals surface area contributed by atoms with Gasteiger partial charge < -0.3 is 24.7 Å². The van der Waals surface area contributed by atoms with Gasteiger partial charge in [-0.15, -0.1) is 0 Å². The quantitative estimate of drug-likeness (QED) is 0.368. The van der Waals surface area contributed by atoms with Gasteiger partial charge >= 0.3 is 0 Å². The van der Waals surface area contributed by atoms with E-state index in [1.54, 1.807) is 0 Å². The molecule has 1 aromatic carbocycles. The molecule has 0 unspecified atom stereocenters. The summed E-state index contributed by atoms with van der Waals surface area (Å²) in [7, 11) is 0. The Balaban J connectivity index is 1.75. The van der Waals surface area contributed by atoms with E-state index in [4.69, 9.17) is 24.7 Å². The van der Waals surface area contributed by atoms with Crippen molar-refractivity contribution in [1.82, 2.24) is 0 Å². The molecule has 0 atom stereocenters. The first kappa shape index (κ1) is 20.7. The number of hydrogen-bond acceptors (Lipinski definition) is 5. The highest BCUT2D eigenvalue weighted by atomic mass is 16.6. The van der Waals surface area contributed by atoms with E-state index in [2.05, 4.69) is 6.92 Å². The van der Waals surface area contributed by atoms with Gasteiger partial charge in [-0.3, -0.25) is 0 Å². The average molecular weight is 339 g/mol. The molecule has 0 heterocycles. The van der Waals surface area contributed by atoms with Crippen molar-refractivity contribution >= 4 is 5.69 Å². The summed E-state index contributed by atoms with van der Waals surface area (Å²) < 4.78 is 21.9. The summed E-state index contributed by atoms with van der Waals surface area (Å²) >= 11 is 0. The molecule has 0 saturated heterocycles. The standard InChI is InChI=1S/C19H33NO4/c1-2-3-4-5-6-11-21-12-13-22-14-15-23-16-17-24-19-9-7-18(20)8-10-19/h7-10H,2-6,11-17,20H2,1H3. The Kier molecular flexibility index (Phi) is 13.2. The molecule has 0 fully saturated rings. The average Bonchev–Trinajstić information content (AvgIpc) is 2.60. The zero-order valence-electron chi connectivity index (χ0n) is 15.0. The third-order valence-corrected chi connectivity index (χ3v) is 3.51. The zero-order valence-corrected chi connectivity index (χ0v) is 15.0. The predicted octanol–water partition coefficient (Wildman–Crippen LogP) is 3.67. The highest BCUT2D eigenvalue weighted by Crippen LogP contribution is 2.12. The fourth-order valence-corrected chi connectivity index (χ4v) is 2.13. The molecule has 0 amide bonds. The molecular formula is C19H33NO4. The van der Waals surface area contributed by atoms with Crippen molar-refractivity contribution in [3.05, 3.63) is 24.3 Å². The minimum Gasteiger partial charge on any atom is -0.491 e. The van der Waals surface area contributed by atoms with Gasteiger partial charge in [-0.25, -0.2) is 0 Å². The van der Waals surface area contributed by atoms with E-state index in [1.807, 2.05) is 24.3 Å². The SMILES string of the molecule is CCCCCCCOCCOCCOCCOc1ccc(N)cc1. The van der Waals surface area contributed by atoms with Crippen LogP contribution in [0, 0.1) is 0 Å². The van der Waals surface area contributed by atoms with E-state index >= 15 is 0 Å². The normalized spacial score (nSPS) is 10.9. The first-order chi connectivity index (χ1) is 11.8. The summed E-state index contributed by atoms with van der Waals surface area (Å²) in [6.45, 7) is 6.57. The minimum absolute atomic E-state index is 0.519. The van der Waals surface area contributed by atoms with Crippen LogP contribution < -0.4 is 10.5 Å².